The lowest BCUT2D eigenvalue weighted by molar-refractivity contribution is -0.119. The second-order valence-electron chi connectivity index (χ2n) is 6.83. The third-order valence-electron chi connectivity index (χ3n) is 4.78. The lowest BCUT2D eigenvalue weighted by atomic mass is 10.00. The molecule has 160 valence electrons. The summed E-state index contributed by atoms with van der Waals surface area (Å²) >= 11 is 0. The number of hydrogen-bond acceptors (Lipinski definition) is 5. The van der Waals surface area contributed by atoms with E-state index in [1.807, 2.05) is 30.3 Å². The summed E-state index contributed by atoms with van der Waals surface area (Å²) in [6.45, 7) is -0.402. The summed E-state index contributed by atoms with van der Waals surface area (Å²) in [5.41, 5.74) is 3.01. The molecule has 6 nitrogen and oxygen atoms in total. The molecule has 0 unspecified atom stereocenters. The molecule has 3 aromatic rings. The minimum atomic E-state index is -0.527. The summed E-state index contributed by atoms with van der Waals surface area (Å²) < 4.78 is 15.7. The summed E-state index contributed by atoms with van der Waals surface area (Å²) in [6.07, 6.45) is 1.51. The average Bonchev–Trinajstić information content (AvgIpc) is 2.82. The predicted octanol–water partition coefficient (Wildman–Crippen LogP) is 4.28. The van der Waals surface area contributed by atoms with Gasteiger partial charge < -0.3 is 19.5 Å². The van der Waals surface area contributed by atoms with Crippen LogP contribution in [0, 0.1) is 0 Å². The van der Waals surface area contributed by atoms with Gasteiger partial charge in [0.15, 0.2) is 6.61 Å². The molecule has 0 saturated carbocycles. The van der Waals surface area contributed by atoms with Crippen molar-refractivity contribution in [2.45, 2.75) is 12.8 Å². The monoisotopic (exact) mass is 419 g/mol. The van der Waals surface area contributed by atoms with Gasteiger partial charge in [0.05, 0.1) is 25.5 Å². The van der Waals surface area contributed by atoms with Gasteiger partial charge in [0.1, 0.15) is 11.5 Å². The van der Waals surface area contributed by atoms with Crippen molar-refractivity contribution in [2.75, 3.05) is 26.1 Å². The first-order valence-electron chi connectivity index (χ1n) is 9.91. The van der Waals surface area contributed by atoms with Gasteiger partial charge in [-0.1, -0.05) is 48.5 Å². The molecule has 0 aliphatic heterocycles. The Morgan fingerprint density at radius 1 is 0.839 bits per heavy atom. The quantitative estimate of drug-likeness (QED) is 0.524. The zero-order valence-corrected chi connectivity index (χ0v) is 17.6. The van der Waals surface area contributed by atoms with E-state index in [9.17, 15) is 9.59 Å². The summed E-state index contributed by atoms with van der Waals surface area (Å²) in [6, 6.07) is 22.4. The fourth-order valence-electron chi connectivity index (χ4n) is 3.16. The van der Waals surface area contributed by atoms with E-state index in [1.165, 1.54) is 12.7 Å². The van der Waals surface area contributed by atoms with Gasteiger partial charge in [-0.15, -0.1) is 0 Å². The van der Waals surface area contributed by atoms with E-state index in [2.05, 4.69) is 17.4 Å². The molecule has 1 N–H and O–H groups in total. The maximum Gasteiger partial charge on any atom is 0.338 e. The van der Waals surface area contributed by atoms with Gasteiger partial charge in [0.25, 0.3) is 5.91 Å². The maximum absolute atomic E-state index is 12.6. The van der Waals surface area contributed by atoms with Crippen molar-refractivity contribution >= 4 is 17.6 Å². The highest BCUT2D eigenvalue weighted by Crippen LogP contribution is 2.28. The first-order chi connectivity index (χ1) is 15.1. The van der Waals surface area contributed by atoms with E-state index in [-0.39, 0.29) is 0 Å². The van der Waals surface area contributed by atoms with Gasteiger partial charge in [-0.3, -0.25) is 4.79 Å². The second-order valence-corrected chi connectivity index (χ2v) is 6.83. The lowest BCUT2D eigenvalue weighted by Crippen LogP contribution is -2.21. The van der Waals surface area contributed by atoms with Crippen LogP contribution in [0.25, 0.3) is 0 Å². The zero-order valence-electron chi connectivity index (χ0n) is 17.6. The summed E-state index contributed by atoms with van der Waals surface area (Å²) in [4.78, 5) is 24.9. The summed E-state index contributed by atoms with van der Waals surface area (Å²) in [7, 11) is 3.04. The molecule has 3 aromatic carbocycles. The SMILES string of the molecule is COc1ccc(NC(=O)COC(=O)c2ccccc2CCc2ccccc2)c(OC)c1. The van der Waals surface area contributed by atoms with Crippen molar-refractivity contribution in [1.82, 2.24) is 0 Å². The number of nitrogens with one attached hydrogen (secondary N) is 1. The maximum atomic E-state index is 12.6. The van der Waals surface area contributed by atoms with E-state index in [0.717, 1.165) is 12.0 Å². The molecule has 3 rings (SSSR count). The van der Waals surface area contributed by atoms with Crippen molar-refractivity contribution in [3.05, 3.63) is 89.5 Å². The Morgan fingerprint density at radius 3 is 2.32 bits per heavy atom. The minimum Gasteiger partial charge on any atom is -0.497 e. The van der Waals surface area contributed by atoms with Gasteiger partial charge in [-0.25, -0.2) is 4.79 Å². The third kappa shape index (κ3) is 6.09. The van der Waals surface area contributed by atoms with Crippen LogP contribution in [-0.2, 0) is 22.4 Å². The van der Waals surface area contributed by atoms with Crippen LogP contribution in [0.5, 0.6) is 11.5 Å². The van der Waals surface area contributed by atoms with Gasteiger partial charge >= 0.3 is 5.97 Å². The number of anilines is 1. The predicted molar refractivity (Wildman–Crippen MR) is 119 cm³/mol. The summed E-state index contributed by atoms with van der Waals surface area (Å²) in [5.74, 6) is 0.0674. The van der Waals surface area contributed by atoms with Crippen molar-refractivity contribution in [2.24, 2.45) is 0 Å². The van der Waals surface area contributed by atoms with Crippen LogP contribution < -0.4 is 14.8 Å². The average molecular weight is 419 g/mol. The Morgan fingerprint density at radius 2 is 1.58 bits per heavy atom. The number of amides is 1. The molecule has 0 atom stereocenters. The Hall–Kier alpha value is -3.80. The van der Waals surface area contributed by atoms with Crippen LogP contribution >= 0.6 is 0 Å². The lowest BCUT2D eigenvalue weighted by Gasteiger charge is -2.12. The second kappa shape index (κ2) is 10.8. The fraction of sp³-hybridized carbons (Fsp3) is 0.200. The van der Waals surface area contributed by atoms with Crippen molar-refractivity contribution in [3.63, 3.8) is 0 Å². The van der Waals surface area contributed by atoms with Crippen LogP contribution in [0.1, 0.15) is 21.5 Å². The molecule has 0 aromatic heterocycles. The van der Waals surface area contributed by atoms with Crippen molar-refractivity contribution in [3.8, 4) is 11.5 Å². The first kappa shape index (κ1) is 21.9. The Labute approximate surface area is 181 Å². The standard InChI is InChI=1S/C25H25NO5/c1-29-20-14-15-22(23(16-20)30-2)26-24(27)17-31-25(28)21-11-7-6-10-19(21)13-12-18-8-4-3-5-9-18/h3-11,14-16H,12-13,17H2,1-2H3,(H,26,27). The van der Waals surface area contributed by atoms with E-state index >= 15 is 0 Å². The number of hydrogen-bond donors (Lipinski definition) is 1. The number of rotatable bonds is 9. The number of carbonyl (C=O) groups excluding carboxylic acids is 2. The number of esters is 1. The van der Waals surface area contributed by atoms with Crippen LogP contribution in [-0.4, -0.2) is 32.7 Å². The first-order valence-corrected chi connectivity index (χ1v) is 9.91. The number of benzene rings is 3. The molecular formula is C25H25NO5. The van der Waals surface area contributed by atoms with E-state index in [0.29, 0.717) is 29.2 Å². The topological polar surface area (TPSA) is 73.9 Å². The molecule has 0 bridgehead atoms. The van der Waals surface area contributed by atoms with Gasteiger partial charge in [-0.05, 0) is 42.2 Å². The van der Waals surface area contributed by atoms with Gasteiger partial charge in [0, 0.05) is 6.07 Å². The molecule has 0 radical (unpaired) electrons. The van der Waals surface area contributed by atoms with Crippen LogP contribution in [0.2, 0.25) is 0 Å². The zero-order chi connectivity index (χ0) is 22.1. The smallest absolute Gasteiger partial charge is 0.338 e. The fourth-order valence-corrected chi connectivity index (χ4v) is 3.16. The Kier molecular flexibility index (Phi) is 7.65. The van der Waals surface area contributed by atoms with E-state index < -0.39 is 18.5 Å². The Balaban J connectivity index is 1.59. The number of ether oxygens (including phenoxy) is 3. The summed E-state index contributed by atoms with van der Waals surface area (Å²) in [5, 5.41) is 2.68. The van der Waals surface area contributed by atoms with Gasteiger partial charge in [-0.2, -0.15) is 0 Å². The van der Waals surface area contributed by atoms with Gasteiger partial charge in [0.2, 0.25) is 0 Å². The minimum absolute atomic E-state index is 0.402. The van der Waals surface area contributed by atoms with E-state index in [1.54, 1.807) is 37.4 Å². The van der Waals surface area contributed by atoms with Crippen LogP contribution in [0.3, 0.4) is 0 Å². The van der Waals surface area contributed by atoms with Crippen LogP contribution in [0.4, 0.5) is 5.69 Å². The molecule has 0 aliphatic carbocycles. The highest BCUT2D eigenvalue weighted by molar-refractivity contribution is 5.97. The Bertz CT molecular complexity index is 1030. The highest BCUT2D eigenvalue weighted by atomic mass is 16.5. The largest absolute Gasteiger partial charge is 0.497 e. The molecule has 0 fully saturated rings. The van der Waals surface area contributed by atoms with Crippen molar-refractivity contribution in [1.29, 1.82) is 0 Å². The molecule has 6 heteroatoms. The van der Waals surface area contributed by atoms with Crippen LogP contribution in [0.15, 0.2) is 72.8 Å². The molecule has 0 heterocycles. The molecule has 0 aliphatic rings. The molecule has 1 amide bonds. The molecule has 0 saturated heterocycles. The number of carbonyl (C=O) groups is 2. The van der Waals surface area contributed by atoms with Crippen molar-refractivity contribution < 1.29 is 23.8 Å². The van der Waals surface area contributed by atoms with E-state index in [4.69, 9.17) is 14.2 Å². The molecular weight excluding hydrogens is 394 g/mol. The molecule has 0 spiro atoms. The highest BCUT2D eigenvalue weighted by Gasteiger charge is 2.15. The normalized spacial score (nSPS) is 10.3. The third-order valence-corrected chi connectivity index (χ3v) is 4.78. The number of aryl methyl sites for hydroxylation is 2. The molecule has 31 heavy (non-hydrogen) atoms. The number of methoxy groups -OCH3 is 2.